The molecule has 0 spiro atoms. The maximum Gasteiger partial charge on any atom is 0.237 e. The summed E-state index contributed by atoms with van der Waals surface area (Å²) in [6.45, 7) is 3.37. The standard InChI is InChI=1S/C16H25N3O3S/c1-12-11-13-5-3-4-6-15(13)19(12)9-8-18-16(20)14(17)7-10-23(2,21)22/h3-6,12,14H,7-11,17H2,1-2H3,(H,18,20). The van der Waals surface area contributed by atoms with Gasteiger partial charge in [0.05, 0.1) is 11.8 Å². The summed E-state index contributed by atoms with van der Waals surface area (Å²) in [5.74, 6) is -0.369. The van der Waals surface area contributed by atoms with Crippen molar-refractivity contribution in [2.75, 3.05) is 30.0 Å². The molecule has 1 amide bonds. The highest BCUT2D eigenvalue weighted by molar-refractivity contribution is 7.90. The van der Waals surface area contributed by atoms with Gasteiger partial charge in [0.25, 0.3) is 0 Å². The number of carbonyl (C=O) groups is 1. The van der Waals surface area contributed by atoms with E-state index in [2.05, 4.69) is 29.3 Å². The molecule has 2 unspecified atom stereocenters. The lowest BCUT2D eigenvalue weighted by atomic mass is 10.1. The molecule has 6 nitrogen and oxygen atoms in total. The van der Waals surface area contributed by atoms with Gasteiger partial charge in [-0.05, 0) is 31.4 Å². The predicted molar refractivity (Wildman–Crippen MR) is 92.3 cm³/mol. The van der Waals surface area contributed by atoms with Crippen LogP contribution in [0.4, 0.5) is 5.69 Å². The highest BCUT2D eigenvalue weighted by Crippen LogP contribution is 2.31. The van der Waals surface area contributed by atoms with Crippen LogP contribution in [-0.4, -0.2) is 51.5 Å². The smallest absolute Gasteiger partial charge is 0.237 e. The van der Waals surface area contributed by atoms with E-state index in [4.69, 9.17) is 5.73 Å². The van der Waals surface area contributed by atoms with E-state index in [1.807, 2.05) is 12.1 Å². The van der Waals surface area contributed by atoms with Crippen molar-refractivity contribution in [3.05, 3.63) is 29.8 Å². The minimum atomic E-state index is -3.10. The Labute approximate surface area is 138 Å². The number of hydrogen-bond acceptors (Lipinski definition) is 5. The zero-order valence-electron chi connectivity index (χ0n) is 13.7. The van der Waals surface area contributed by atoms with Crippen molar-refractivity contribution in [3.8, 4) is 0 Å². The topological polar surface area (TPSA) is 92.5 Å². The van der Waals surface area contributed by atoms with Gasteiger partial charge >= 0.3 is 0 Å². The van der Waals surface area contributed by atoms with Gasteiger partial charge in [0.15, 0.2) is 0 Å². The number of anilines is 1. The number of amides is 1. The SMILES string of the molecule is CC1Cc2ccccc2N1CCNC(=O)C(N)CCS(C)(=O)=O. The van der Waals surface area contributed by atoms with Crippen LogP contribution in [0.3, 0.4) is 0 Å². The number of hydrogen-bond donors (Lipinski definition) is 2. The zero-order chi connectivity index (χ0) is 17.0. The second-order valence-corrected chi connectivity index (χ2v) is 8.45. The molecule has 0 saturated carbocycles. The van der Waals surface area contributed by atoms with E-state index in [9.17, 15) is 13.2 Å². The highest BCUT2D eigenvalue weighted by Gasteiger charge is 2.25. The van der Waals surface area contributed by atoms with E-state index in [0.717, 1.165) is 12.7 Å². The molecule has 1 aliphatic heterocycles. The number of nitrogens with one attached hydrogen (secondary N) is 1. The maximum absolute atomic E-state index is 11.9. The molecule has 1 aromatic rings. The molecule has 128 valence electrons. The molecule has 23 heavy (non-hydrogen) atoms. The summed E-state index contributed by atoms with van der Waals surface area (Å²) >= 11 is 0. The van der Waals surface area contributed by atoms with Gasteiger partial charge in [0, 0.05) is 31.1 Å². The van der Waals surface area contributed by atoms with Crippen molar-refractivity contribution < 1.29 is 13.2 Å². The normalized spacial score (nSPS) is 18.6. The largest absolute Gasteiger partial charge is 0.367 e. The number of nitrogens with zero attached hydrogens (tertiary/aromatic N) is 1. The first-order valence-corrected chi connectivity index (χ1v) is 9.89. The minimum absolute atomic E-state index is 0.0713. The molecule has 0 radical (unpaired) electrons. The van der Waals surface area contributed by atoms with Gasteiger partial charge in [-0.1, -0.05) is 18.2 Å². The second kappa shape index (κ2) is 7.31. The number of para-hydroxylation sites is 1. The van der Waals surface area contributed by atoms with Gasteiger partial charge in [0.1, 0.15) is 9.84 Å². The number of carbonyl (C=O) groups excluding carboxylic acids is 1. The Kier molecular flexibility index (Phi) is 5.64. The van der Waals surface area contributed by atoms with Crippen LogP contribution in [0, 0.1) is 0 Å². The molecule has 7 heteroatoms. The van der Waals surface area contributed by atoms with Gasteiger partial charge in [-0.3, -0.25) is 4.79 Å². The van der Waals surface area contributed by atoms with E-state index < -0.39 is 15.9 Å². The van der Waals surface area contributed by atoms with Crippen LogP contribution in [0.5, 0.6) is 0 Å². The fourth-order valence-corrected chi connectivity index (χ4v) is 3.56. The zero-order valence-corrected chi connectivity index (χ0v) is 14.5. The lowest BCUT2D eigenvalue weighted by Gasteiger charge is -2.25. The Morgan fingerprint density at radius 2 is 2.13 bits per heavy atom. The van der Waals surface area contributed by atoms with Crippen LogP contribution in [0.25, 0.3) is 0 Å². The maximum atomic E-state index is 11.9. The third-order valence-electron chi connectivity index (χ3n) is 4.14. The molecule has 0 fully saturated rings. The van der Waals surface area contributed by atoms with Gasteiger partial charge in [-0.25, -0.2) is 8.42 Å². The summed E-state index contributed by atoms with van der Waals surface area (Å²) in [4.78, 5) is 14.2. The molecule has 1 heterocycles. The van der Waals surface area contributed by atoms with Crippen LogP contribution in [0.2, 0.25) is 0 Å². The molecule has 0 saturated heterocycles. The first kappa shape index (κ1) is 17.7. The molecule has 0 bridgehead atoms. The van der Waals surface area contributed by atoms with E-state index in [0.29, 0.717) is 19.1 Å². The molecule has 0 aromatic heterocycles. The predicted octanol–water partition coefficient (Wildman–Crippen LogP) is 0.316. The Hall–Kier alpha value is -1.60. The molecular formula is C16H25N3O3S. The fraction of sp³-hybridized carbons (Fsp3) is 0.562. The Balaban J connectivity index is 1.80. The lowest BCUT2D eigenvalue weighted by Crippen LogP contribution is -2.45. The van der Waals surface area contributed by atoms with Crippen molar-refractivity contribution in [3.63, 3.8) is 0 Å². The fourth-order valence-electron chi connectivity index (χ4n) is 2.87. The summed E-state index contributed by atoms with van der Waals surface area (Å²) in [5.41, 5.74) is 8.28. The summed E-state index contributed by atoms with van der Waals surface area (Å²) in [7, 11) is -3.10. The van der Waals surface area contributed by atoms with Gasteiger partial charge in [-0.15, -0.1) is 0 Å². The number of fused-ring (bicyclic) bond motifs is 1. The molecule has 2 atom stereocenters. The van der Waals surface area contributed by atoms with Crippen LogP contribution in [0.15, 0.2) is 24.3 Å². The number of rotatable bonds is 7. The van der Waals surface area contributed by atoms with E-state index in [1.165, 1.54) is 11.3 Å². The molecule has 2 rings (SSSR count). The molecule has 1 aliphatic rings. The summed E-state index contributed by atoms with van der Waals surface area (Å²) in [6, 6.07) is 7.90. The van der Waals surface area contributed by atoms with Crippen molar-refractivity contribution in [1.82, 2.24) is 5.32 Å². The van der Waals surface area contributed by atoms with Crippen LogP contribution in [-0.2, 0) is 21.1 Å². The van der Waals surface area contributed by atoms with Gasteiger partial charge in [-0.2, -0.15) is 0 Å². The lowest BCUT2D eigenvalue weighted by molar-refractivity contribution is -0.122. The molecular weight excluding hydrogens is 314 g/mol. The monoisotopic (exact) mass is 339 g/mol. The van der Waals surface area contributed by atoms with E-state index in [1.54, 1.807) is 0 Å². The number of benzene rings is 1. The Bertz CT molecular complexity index is 660. The van der Waals surface area contributed by atoms with Crippen molar-refractivity contribution >= 4 is 21.4 Å². The first-order chi connectivity index (χ1) is 10.8. The van der Waals surface area contributed by atoms with Crippen LogP contribution < -0.4 is 16.0 Å². The Morgan fingerprint density at radius 1 is 1.43 bits per heavy atom. The minimum Gasteiger partial charge on any atom is -0.367 e. The quantitative estimate of drug-likeness (QED) is 0.746. The van der Waals surface area contributed by atoms with Crippen LogP contribution >= 0.6 is 0 Å². The van der Waals surface area contributed by atoms with E-state index >= 15 is 0 Å². The van der Waals surface area contributed by atoms with Crippen molar-refractivity contribution in [2.24, 2.45) is 5.73 Å². The van der Waals surface area contributed by atoms with Gasteiger partial charge in [0.2, 0.25) is 5.91 Å². The number of nitrogens with two attached hydrogens (primary N) is 1. The molecule has 3 N–H and O–H groups in total. The van der Waals surface area contributed by atoms with Crippen molar-refractivity contribution in [2.45, 2.75) is 31.8 Å². The number of sulfone groups is 1. The second-order valence-electron chi connectivity index (χ2n) is 6.19. The average Bonchev–Trinajstić information content (AvgIpc) is 2.80. The highest BCUT2D eigenvalue weighted by atomic mass is 32.2. The van der Waals surface area contributed by atoms with E-state index in [-0.39, 0.29) is 18.1 Å². The third-order valence-corrected chi connectivity index (χ3v) is 5.11. The summed E-state index contributed by atoms with van der Waals surface area (Å²) < 4.78 is 22.2. The van der Waals surface area contributed by atoms with Crippen molar-refractivity contribution in [1.29, 1.82) is 0 Å². The average molecular weight is 339 g/mol. The van der Waals surface area contributed by atoms with Gasteiger partial charge < -0.3 is 16.0 Å². The summed E-state index contributed by atoms with van der Waals surface area (Å²) in [6.07, 6.45) is 2.30. The first-order valence-electron chi connectivity index (χ1n) is 7.83. The molecule has 0 aliphatic carbocycles. The third kappa shape index (κ3) is 4.94. The Morgan fingerprint density at radius 3 is 2.83 bits per heavy atom. The summed E-state index contributed by atoms with van der Waals surface area (Å²) in [5, 5.41) is 2.80. The van der Waals surface area contributed by atoms with Crippen LogP contribution in [0.1, 0.15) is 18.9 Å². The molecule has 1 aromatic carbocycles.